The average Bonchev–Trinajstić information content (AvgIpc) is 3.57. The zero-order valence-electron chi connectivity index (χ0n) is 15.7. The second-order valence-corrected chi connectivity index (χ2v) is 7.02. The minimum absolute atomic E-state index is 0.0721. The fraction of sp³-hybridized carbons (Fsp3) is 0.381. The molecule has 2 aliphatic rings. The highest BCUT2D eigenvalue weighted by Gasteiger charge is 2.47. The van der Waals surface area contributed by atoms with E-state index < -0.39 is 12.1 Å². The first-order valence-corrected chi connectivity index (χ1v) is 9.41. The molecule has 7 heteroatoms. The van der Waals surface area contributed by atoms with E-state index in [0.29, 0.717) is 6.54 Å². The number of morpholine rings is 1. The summed E-state index contributed by atoms with van der Waals surface area (Å²) in [6, 6.07) is 12.7. The van der Waals surface area contributed by atoms with Gasteiger partial charge in [-0.2, -0.15) is 0 Å². The van der Waals surface area contributed by atoms with E-state index in [-0.39, 0.29) is 24.5 Å². The van der Waals surface area contributed by atoms with Crippen molar-refractivity contribution in [2.45, 2.75) is 37.6 Å². The summed E-state index contributed by atoms with van der Waals surface area (Å²) >= 11 is 0. The van der Waals surface area contributed by atoms with Crippen LogP contribution in [0.4, 0.5) is 0 Å². The largest absolute Gasteiger partial charge is 0.497 e. The van der Waals surface area contributed by atoms with Crippen LogP contribution in [0.2, 0.25) is 0 Å². The summed E-state index contributed by atoms with van der Waals surface area (Å²) in [5.41, 5.74) is 1.63. The van der Waals surface area contributed by atoms with Gasteiger partial charge in [0, 0.05) is 12.2 Å². The topological polar surface area (TPSA) is 80.8 Å². The second-order valence-electron chi connectivity index (χ2n) is 7.02. The number of nitrogens with zero attached hydrogens (tertiary/aromatic N) is 2. The number of aromatic nitrogens is 1. The SMILES string of the molecule is COc1ccc([C@@H]2[C@@H](C(=O)NCc3ccccn3)OCC(=O)N2C2CC2)cc1. The Balaban J connectivity index is 1.57. The first kappa shape index (κ1) is 18.4. The Morgan fingerprint density at radius 2 is 2.04 bits per heavy atom. The number of hydrogen-bond donors (Lipinski definition) is 1. The monoisotopic (exact) mass is 381 g/mol. The maximum Gasteiger partial charge on any atom is 0.252 e. The van der Waals surface area contributed by atoms with Crippen LogP contribution in [0.1, 0.15) is 30.1 Å². The molecule has 1 saturated heterocycles. The van der Waals surface area contributed by atoms with Crippen LogP contribution in [-0.2, 0) is 20.9 Å². The summed E-state index contributed by atoms with van der Waals surface area (Å²) in [4.78, 5) is 31.6. The van der Waals surface area contributed by atoms with E-state index in [2.05, 4.69) is 10.3 Å². The van der Waals surface area contributed by atoms with Crippen LogP contribution >= 0.6 is 0 Å². The van der Waals surface area contributed by atoms with Gasteiger partial charge in [-0.25, -0.2) is 0 Å². The van der Waals surface area contributed by atoms with Gasteiger partial charge < -0.3 is 19.7 Å². The van der Waals surface area contributed by atoms with Crippen LogP contribution in [-0.4, -0.2) is 47.6 Å². The molecule has 28 heavy (non-hydrogen) atoms. The lowest BCUT2D eigenvalue weighted by molar-refractivity contribution is -0.165. The Morgan fingerprint density at radius 1 is 1.25 bits per heavy atom. The van der Waals surface area contributed by atoms with Crippen molar-refractivity contribution in [2.24, 2.45) is 0 Å². The van der Waals surface area contributed by atoms with Crippen molar-refractivity contribution in [2.75, 3.05) is 13.7 Å². The lowest BCUT2D eigenvalue weighted by Crippen LogP contribution is -2.55. The van der Waals surface area contributed by atoms with E-state index in [9.17, 15) is 9.59 Å². The zero-order valence-corrected chi connectivity index (χ0v) is 15.7. The summed E-state index contributed by atoms with van der Waals surface area (Å²) in [5.74, 6) is 0.405. The molecule has 1 aromatic heterocycles. The minimum atomic E-state index is -0.768. The second kappa shape index (κ2) is 7.98. The van der Waals surface area contributed by atoms with Gasteiger partial charge >= 0.3 is 0 Å². The van der Waals surface area contributed by atoms with E-state index in [1.807, 2.05) is 47.4 Å². The van der Waals surface area contributed by atoms with Crippen LogP contribution in [0.5, 0.6) is 5.75 Å². The maximum atomic E-state index is 12.9. The highest BCUT2D eigenvalue weighted by atomic mass is 16.5. The molecule has 0 unspecified atom stereocenters. The molecule has 0 bridgehead atoms. The fourth-order valence-electron chi connectivity index (χ4n) is 3.55. The Morgan fingerprint density at radius 3 is 2.68 bits per heavy atom. The van der Waals surface area contributed by atoms with Crippen LogP contribution in [0, 0.1) is 0 Å². The molecule has 1 aromatic carbocycles. The summed E-state index contributed by atoms with van der Waals surface area (Å²) in [7, 11) is 1.60. The summed E-state index contributed by atoms with van der Waals surface area (Å²) in [6.45, 7) is 0.233. The molecule has 0 spiro atoms. The first-order chi connectivity index (χ1) is 13.7. The Labute approximate surface area is 163 Å². The van der Waals surface area contributed by atoms with E-state index >= 15 is 0 Å². The van der Waals surface area contributed by atoms with Crippen molar-refractivity contribution in [1.29, 1.82) is 0 Å². The molecule has 7 nitrogen and oxygen atoms in total. The molecule has 0 radical (unpaired) electrons. The molecule has 2 heterocycles. The van der Waals surface area contributed by atoms with E-state index in [0.717, 1.165) is 29.8 Å². The number of ether oxygens (including phenoxy) is 2. The molecule has 2 aromatic rings. The number of amides is 2. The van der Waals surface area contributed by atoms with Gasteiger partial charge in [-0.3, -0.25) is 14.6 Å². The predicted octanol–water partition coefficient (Wildman–Crippen LogP) is 1.84. The molecule has 1 N–H and O–H groups in total. The van der Waals surface area contributed by atoms with Gasteiger partial charge in [0.15, 0.2) is 6.10 Å². The van der Waals surface area contributed by atoms with Gasteiger partial charge in [0.1, 0.15) is 12.4 Å². The quantitative estimate of drug-likeness (QED) is 0.826. The molecule has 4 rings (SSSR count). The third-order valence-electron chi connectivity index (χ3n) is 5.09. The average molecular weight is 381 g/mol. The van der Waals surface area contributed by atoms with E-state index in [1.54, 1.807) is 13.3 Å². The van der Waals surface area contributed by atoms with Crippen LogP contribution < -0.4 is 10.1 Å². The van der Waals surface area contributed by atoms with Gasteiger partial charge in [0.05, 0.1) is 25.4 Å². The molecule has 1 aliphatic carbocycles. The number of nitrogens with one attached hydrogen (secondary N) is 1. The third-order valence-corrected chi connectivity index (χ3v) is 5.09. The van der Waals surface area contributed by atoms with Gasteiger partial charge in [0.2, 0.25) is 5.91 Å². The fourth-order valence-corrected chi connectivity index (χ4v) is 3.55. The summed E-state index contributed by atoms with van der Waals surface area (Å²) in [6.07, 6.45) is 2.84. The standard InChI is InChI=1S/C21H23N3O4/c1-27-17-9-5-14(6-10-17)19-20(28-13-18(25)24(19)16-7-8-16)21(26)23-12-15-4-2-3-11-22-15/h2-6,9-11,16,19-20H,7-8,12-13H2,1H3,(H,23,26)/t19-,20+/m1/s1. The first-order valence-electron chi connectivity index (χ1n) is 9.41. The Hall–Kier alpha value is -2.93. The molecule has 1 aliphatic heterocycles. The van der Waals surface area contributed by atoms with Crippen molar-refractivity contribution in [3.05, 3.63) is 59.9 Å². The number of rotatable bonds is 6. The molecular formula is C21H23N3O4. The third kappa shape index (κ3) is 3.84. The molecule has 146 valence electrons. The maximum absolute atomic E-state index is 12.9. The normalized spacial score (nSPS) is 22.0. The predicted molar refractivity (Wildman–Crippen MR) is 101 cm³/mol. The van der Waals surface area contributed by atoms with Crippen LogP contribution in [0.25, 0.3) is 0 Å². The summed E-state index contributed by atoms with van der Waals surface area (Å²) in [5, 5.41) is 2.90. The van der Waals surface area contributed by atoms with Crippen molar-refractivity contribution >= 4 is 11.8 Å². The lowest BCUT2D eigenvalue weighted by Gasteiger charge is -2.40. The molecule has 2 amide bonds. The number of benzene rings is 1. The summed E-state index contributed by atoms with van der Waals surface area (Å²) < 4.78 is 10.9. The van der Waals surface area contributed by atoms with Crippen molar-refractivity contribution in [3.63, 3.8) is 0 Å². The minimum Gasteiger partial charge on any atom is -0.497 e. The number of carbonyl (C=O) groups is 2. The lowest BCUT2D eigenvalue weighted by atomic mass is 9.96. The molecular weight excluding hydrogens is 358 g/mol. The molecule has 2 fully saturated rings. The Bertz CT molecular complexity index is 836. The number of carbonyl (C=O) groups excluding carboxylic acids is 2. The number of methoxy groups -OCH3 is 1. The molecule has 2 atom stereocenters. The van der Waals surface area contributed by atoms with Crippen LogP contribution in [0.15, 0.2) is 48.7 Å². The van der Waals surface area contributed by atoms with Crippen LogP contribution in [0.3, 0.4) is 0 Å². The van der Waals surface area contributed by atoms with Gasteiger partial charge in [-0.15, -0.1) is 0 Å². The van der Waals surface area contributed by atoms with E-state index in [4.69, 9.17) is 9.47 Å². The van der Waals surface area contributed by atoms with Gasteiger partial charge in [-0.1, -0.05) is 18.2 Å². The Kier molecular flexibility index (Phi) is 5.25. The van der Waals surface area contributed by atoms with Crippen molar-refractivity contribution < 1.29 is 19.1 Å². The smallest absolute Gasteiger partial charge is 0.252 e. The van der Waals surface area contributed by atoms with Crippen molar-refractivity contribution in [1.82, 2.24) is 15.2 Å². The zero-order chi connectivity index (χ0) is 19.5. The van der Waals surface area contributed by atoms with Gasteiger partial charge in [-0.05, 0) is 42.7 Å². The van der Waals surface area contributed by atoms with Gasteiger partial charge in [0.25, 0.3) is 5.91 Å². The van der Waals surface area contributed by atoms with E-state index in [1.165, 1.54) is 0 Å². The highest BCUT2D eigenvalue weighted by Crippen LogP contribution is 2.39. The van der Waals surface area contributed by atoms with Crippen molar-refractivity contribution in [3.8, 4) is 5.75 Å². The highest BCUT2D eigenvalue weighted by molar-refractivity contribution is 5.86. The number of pyridine rings is 1. The number of hydrogen-bond acceptors (Lipinski definition) is 5. The molecule has 1 saturated carbocycles.